The molecule has 17 heavy (non-hydrogen) atoms. The van der Waals surface area contributed by atoms with Crippen molar-refractivity contribution in [2.45, 2.75) is 16.5 Å². The molecule has 0 radical (unpaired) electrons. The second-order valence-electron chi connectivity index (χ2n) is 3.57. The zero-order valence-electron chi connectivity index (χ0n) is 9.43. The molecule has 4 nitrogen and oxygen atoms in total. The van der Waals surface area contributed by atoms with Gasteiger partial charge in [0.1, 0.15) is 6.33 Å². The Morgan fingerprint density at radius 2 is 2.29 bits per heavy atom. The monoisotopic (exact) mass is 312 g/mol. The molecule has 0 aliphatic heterocycles. The van der Waals surface area contributed by atoms with E-state index < -0.39 is 0 Å². The van der Waals surface area contributed by atoms with Crippen LogP contribution < -0.4 is 5.73 Å². The van der Waals surface area contributed by atoms with Gasteiger partial charge in [0.05, 0.1) is 0 Å². The predicted molar refractivity (Wildman–Crippen MR) is 72.0 cm³/mol. The minimum absolute atomic E-state index is 0.669. The summed E-state index contributed by atoms with van der Waals surface area (Å²) in [5, 5.41) is 4.91. The first-order chi connectivity index (χ1) is 8.20. The van der Waals surface area contributed by atoms with Gasteiger partial charge in [-0.25, -0.2) is 9.67 Å². The summed E-state index contributed by atoms with van der Waals surface area (Å²) in [5.74, 6) is 0. The average Bonchev–Trinajstić information content (AvgIpc) is 2.69. The van der Waals surface area contributed by atoms with Gasteiger partial charge in [0.15, 0.2) is 5.16 Å². The van der Waals surface area contributed by atoms with Crippen LogP contribution in [0.15, 0.2) is 39.1 Å². The number of rotatable bonds is 4. The van der Waals surface area contributed by atoms with Crippen molar-refractivity contribution in [3.05, 3.63) is 34.6 Å². The van der Waals surface area contributed by atoms with E-state index in [9.17, 15) is 0 Å². The molecule has 2 N–H and O–H groups in total. The number of hydrogen-bond acceptors (Lipinski definition) is 4. The molecular formula is C11H13BrN4S. The molecule has 2 aromatic rings. The number of aryl methyl sites for hydroxylation is 1. The van der Waals surface area contributed by atoms with Crippen LogP contribution in [0.4, 0.5) is 0 Å². The van der Waals surface area contributed by atoms with Crippen LogP contribution in [0.25, 0.3) is 0 Å². The smallest absolute Gasteiger partial charge is 0.190 e. The Morgan fingerprint density at radius 1 is 1.47 bits per heavy atom. The van der Waals surface area contributed by atoms with Crippen molar-refractivity contribution in [1.82, 2.24) is 14.8 Å². The van der Waals surface area contributed by atoms with Crippen molar-refractivity contribution in [3.63, 3.8) is 0 Å². The topological polar surface area (TPSA) is 56.7 Å². The molecule has 0 bridgehead atoms. The summed E-state index contributed by atoms with van der Waals surface area (Å²) in [6.07, 6.45) is 2.45. The van der Waals surface area contributed by atoms with E-state index in [0.29, 0.717) is 6.54 Å². The lowest BCUT2D eigenvalue weighted by Crippen LogP contribution is -2.02. The van der Waals surface area contributed by atoms with E-state index >= 15 is 0 Å². The van der Waals surface area contributed by atoms with Gasteiger partial charge in [0.25, 0.3) is 0 Å². The van der Waals surface area contributed by atoms with E-state index in [1.54, 1.807) is 22.8 Å². The Balaban J connectivity index is 2.19. The van der Waals surface area contributed by atoms with Crippen molar-refractivity contribution in [2.24, 2.45) is 12.8 Å². The van der Waals surface area contributed by atoms with Crippen LogP contribution in [0.3, 0.4) is 0 Å². The van der Waals surface area contributed by atoms with Crippen molar-refractivity contribution in [2.75, 3.05) is 6.54 Å². The summed E-state index contributed by atoms with van der Waals surface area (Å²) in [5.41, 5.74) is 6.77. The van der Waals surface area contributed by atoms with Gasteiger partial charge in [-0.1, -0.05) is 6.07 Å². The third kappa shape index (κ3) is 3.08. The minimum Gasteiger partial charge on any atom is -0.330 e. The van der Waals surface area contributed by atoms with Gasteiger partial charge in [-0.2, -0.15) is 5.10 Å². The van der Waals surface area contributed by atoms with E-state index in [1.807, 2.05) is 7.05 Å². The molecule has 0 aliphatic carbocycles. The lowest BCUT2D eigenvalue weighted by molar-refractivity contribution is 0.685. The summed E-state index contributed by atoms with van der Waals surface area (Å²) >= 11 is 5.15. The van der Waals surface area contributed by atoms with Crippen LogP contribution in [0, 0.1) is 0 Å². The Bertz CT molecular complexity index is 512. The summed E-state index contributed by atoms with van der Waals surface area (Å²) in [4.78, 5) is 5.31. The number of halogens is 1. The largest absolute Gasteiger partial charge is 0.330 e. The molecule has 0 spiro atoms. The molecule has 0 saturated heterocycles. The minimum atomic E-state index is 0.669. The first kappa shape index (κ1) is 12.6. The van der Waals surface area contributed by atoms with Crippen molar-refractivity contribution in [3.8, 4) is 0 Å². The van der Waals surface area contributed by atoms with Gasteiger partial charge in [-0.05, 0) is 58.4 Å². The highest BCUT2D eigenvalue weighted by molar-refractivity contribution is 9.10. The Hall–Kier alpha value is -0.850. The van der Waals surface area contributed by atoms with Gasteiger partial charge in [-0.15, -0.1) is 0 Å². The number of nitrogens with two attached hydrogens (primary N) is 1. The molecule has 1 heterocycles. The molecule has 90 valence electrons. The Labute approximate surface area is 113 Å². The second-order valence-corrected chi connectivity index (χ2v) is 5.44. The van der Waals surface area contributed by atoms with Crippen LogP contribution in [-0.4, -0.2) is 21.3 Å². The predicted octanol–water partition coefficient (Wildman–Crippen LogP) is 2.23. The lowest BCUT2D eigenvalue weighted by Gasteiger charge is -2.06. The molecule has 0 fully saturated rings. The maximum absolute atomic E-state index is 5.54. The van der Waals surface area contributed by atoms with Crippen LogP contribution in [0.2, 0.25) is 0 Å². The van der Waals surface area contributed by atoms with Gasteiger partial charge >= 0.3 is 0 Å². The van der Waals surface area contributed by atoms with E-state index in [1.165, 1.54) is 5.56 Å². The van der Waals surface area contributed by atoms with Gasteiger partial charge < -0.3 is 5.73 Å². The van der Waals surface area contributed by atoms with Crippen LogP contribution in [0.1, 0.15) is 5.56 Å². The second kappa shape index (κ2) is 5.66. The third-order valence-corrected chi connectivity index (χ3v) is 4.35. The van der Waals surface area contributed by atoms with Crippen molar-refractivity contribution < 1.29 is 0 Å². The van der Waals surface area contributed by atoms with E-state index in [2.05, 4.69) is 44.2 Å². The summed E-state index contributed by atoms with van der Waals surface area (Å²) in [6.45, 7) is 0.669. The molecule has 0 amide bonds. The number of benzene rings is 1. The Kier molecular flexibility index (Phi) is 4.20. The highest BCUT2D eigenvalue weighted by Gasteiger charge is 2.07. The standard InChI is InChI=1S/C11H13BrN4S/c1-16-11(14-7-15-16)17-10-3-2-8(4-5-13)6-9(10)12/h2-3,6-7H,4-5,13H2,1H3. The van der Waals surface area contributed by atoms with Gasteiger partial charge in [0.2, 0.25) is 0 Å². The fourth-order valence-electron chi connectivity index (χ4n) is 1.43. The van der Waals surface area contributed by atoms with Crippen molar-refractivity contribution in [1.29, 1.82) is 0 Å². The fourth-order valence-corrected chi connectivity index (χ4v) is 2.86. The number of hydrogen-bond donors (Lipinski definition) is 1. The first-order valence-corrected chi connectivity index (χ1v) is 6.82. The maximum atomic E-state index is 5.54. The zero-order chi connectivity index (χ0) is 12.3. The third-order valence-electron chi connectivity index (χ3n) is 2.30. The molecule has 1 aromatic carbocycles. The average molecular weight is 313 g/mol. The summed E-state index contributed by atoms with van der Waals surface area (Å²) in [6, 6.07) is 6.27. The van der Waals surface area contributed by atoms with E-state index in [0.717, 1.165) is 20.9 Å². The maximum Gasteiger partial charge on any atom is 0.190 e. The number of nitrogens with zero attached hydrogens (tertiary/aromatic N) is 3. The van der Waals surface area contributed by atoms with Crippen LogP contribution >= 0.6 is 27.7 Å². The molecule has 0 aliphatic rings. The molecular weight excluding hydrogens is 300 g/mol. The summed E-state index contributed by atoms with van der Waals surface area (Å²) < 4.78 is 2.82. The summed E-state index contributed by atoms with van der Waals surface area (Å²) in [7, 11) is 1.88. The van der Waals surface area contributed by atoms with Crippen LogP contribution in [0.5, 0.6) is 0 Å². The fraction of sp³-hybridized carbons (Fsp3) is 0.273. The quantitative estimate of drug-likeness (QED) is 0.940. The lowest BCUT2D eigenvalue weighted by atomic mass is 10.2. The van der Waals surface area contributed by atoms with Gasteiger partial charge in [-0.3, -0.25) is 0 Å². The molecule has 0 atom stereocenters. The molecule has 6 heteroatoms. The van der Waals surface area contributed by atoms with E-state index in [4.69, 9.17) is 5.73 Å². The highest BCUT2D eigenvalue weighted by atomic mass is 79.9. The molecule has 0 unspecified atom stereocenters. The highest BCUT2D eigenvalue weighted by Crippen LogP contribution is 2.32. The van der Waals surface area contributed by atoms with Gasteiger partial charge in [0, 0.05) is 16.4 Å². The normalized spacial score (nSPS) is 10.8. The van der Waals surface area contributed by atoms with Crippen LogP contribution in [-0.2, 0) is 13.5 Å². The molecule has 1 aromatic heterocycles. The SMILES string of the molecule is Cn1ncnc1Sc1ccc(CCN)cc1Br. The molecule has 2 rings (SSSR count). The Morgan fingerprint density at radius 3 is 2.88 bits per heavy atom. The first-order valence-electron chi connectivity index (χ1n) is 5.21. The van der Waals surface area contributed by atoms with E-state index in [-0.39, 0.29) is 0 Å². The molecule has 0 saturated carbocycles. The zero-order valence-corrected chi connectivity index (χ0v) is 11.8. The van der Waals surface area contributed by atoms with Crippen molar-refractivity contribution >= 4 is 27.7 Å². The number of aromatic nitrogens is 3.